The Kier molecular flexibility index (Phi) is 3.41. The maximum Gasteiger partial charge on any atom is 0.337 e. The Labute approximate surface area is 110 Å². The number of phenols is 1. The summed E-state index contributed by atoms with van der Waals surface area (Å²) in [6, 6.07) is 5.29. The molecule has 0 aliphatic carbocycles. The molecule has 0 unspecified atom stereocenters. The van der Waals surface area contributed by atoms with Gasteiger partial charge in [-0.15, -0.1) is 0 Å². The highest BCUT2D eigenvalue weighted by atomic mass is 16.5. The molecule has 6 heteroatoms. The van der Waals surface area contributed by atoms with Gasteiger partial charge in [-0.25, -0.2) is 9.59 Å². The first-order valence-corrected chi connectivity index (χ1v) is 5.68. The summed E-state index contributed by atoms with van der Waals surface area (Å²) in [5, 5.41) is 14.5. The minimum Gasteiger partial charge on any atom is -0.508 e. The summed E-state index contributed by atoms with van der Waals surface area (Å²) in [6.07, 6.45) is 0. The number of carbonyl (C=O) groups is 2. The number of aromatic hydroxyl groups is 1. The normalized spacial score (nSPS) is 18.6. The number of nitrogens with one attached hydrogen (secondary N) is 2. The summed E-state index contributed by atoms with van der Waals surface area (Å²) >= 11 is 0. The molecule has 2 amide bonds. The third-order valence-electron chi connectivity index (χ3n) is 2.90. The second-order valence-corrected chi connectivity index (χ2v) is 4.15. The zero-order valence-corrected chi connectivity index (χ0v) is 10.6. The Bertz CT molecular complexity index is 548. The van der Waals surface area contributed by atoms with Crippen LogP contribution in [-0.4, -0.2) is 24.2 Å². The fraction of sp³-hybridized carbons (Fsp3) is 0.231. The van der Waals surface area contributed by atoms with Crippen molar-refractivity contribution in [3.05, 3.63) is 41.1 Å². The molecule has 0 radical (unpaired) electrons. The molecule has 0 spiro atoms. The van der Waals surface area contributed by atoms with Crippen LogP contribution in [0.15, 0.2) is 35.5 Å². The summed E-state index contributed by atoms with van der Waals surface area (Å²) in [5.41, 5.74) is 1.48. The number of hydrogen-bond acceptors (Lipinski definition) is 4. The number of ether oxygens (including phenoxy) is 1. The van der Waals surface area contributed by atoms with E-state index in [2.05, 4.69) is 10.6 Å². The summed E-state index contributed by atoms with van der Waals surface area (Å²) in [4.78, 5) is 23.3. The number of benzene rings is 1. The van der Waals surface area contributed by atoms with Crippen molar-refractivity contribution in [2.45, 2.75) is 13.0 Å². The Morgan fingerprint density at radius 3 is 2.53 bits per heavy atom. The van der Waals surface area contributed by atoms with Crippen LogP contribution in [-0.2, 0) is 9.53 Å². The lowest BCUT2D eigenvalue weighted by atomic mass is 9.95. The first-order chi connectivity index (χ1) is 9.02. The minimum atomic E-state index is -0.596. The fourth-order valence-corrected chi connectivity index (χ4v) is 1.99. The van der Waals surface area contributed by atoms with Crippen molar-refractivity contribution >= 4 is 12.0 Å². The average molecular weight is 262 g/mol. The molecule has 0 saturated carbocycles. The fourth-order valence-electron chi connectivity index (χ4n) is 1.99. The highest BCUT2D eigenvalue weighted by Gasteiger charge is 2.31. The number of rotatable bonds is 2. The summed E-state index contributed by atoms with van der Waals surface area (Å²) in [5.74, 6) is -0.396. The lowest BCUT2D eigenvalue weighted by molar-refractivity contribution is -0.136. The third kappa shape index (κ3) is 2.52. The van der Waals surface area contributed by atoms with Crippen molar-refractivity contribution in [1.82, 2.24) is 10.6 Å². The summed E-state index contributed by atoms with van der Waals surface area (Å²) in [6.45, 7) is 1.64. The van der Waals surface area contributed by atoms with Gasteiger partial charge in [-0.05, 0) is 24.6 Å². The number of phenolic OH excluding ortho intramolecular Hbond substituents is 1. The average Bonchev–Trinajstić information content (AvgIpc) is 2.38. The van der Waals surface area contributed by atoms with E-state index in [0.29, 0.717) is 16.8 Å². The van der Waals surface area contributed by atoms with E-state index in [-0.39, 0.29) is 11.8 Å². The molecule has 1 heterocycles. The number of amides is 2. The van der Waals surface area contributed by atoms with Crippen molar-refractivity contribution in [1.29, 1.82) is 0 Å². The standard InChI is InChI=1S/C13H14N2O4/c1-7-10(12(17)19-2)11(15-13(18)14-7)8-3-5-9(16)6-4-8/h3-6,11,16H,1-2H3,(H2,14,15,18)/t11-/m1/s1. The van der Waals surface area contributed by atoms with E-state index in [1.54, 1.807) is 19.1 Å². The van der Waals surface area contributed by atoms with Gasteiger partial charge in [-0.1, -0.05) is 12.1 Å². The zero-order valence-electron chi connectivity index (χ0n) is 10.6. The van der Waals surface area contributed by atoms with Crippen molar-refractivity contribution in [2.24, 2.45) is 0 Å². The van der Waals surface area contributed by atoms with Gasteiger partial charge in [0.05, 0.1) is 18.7 Å². The molecule has 6 nitrogen and oxygen atoms in total. The zero-order chi connectivity index (χ0) is 14.0. The van der Waals surface area contributed by atoms with Gasteiger partial charge in [-0.2, -0.15) is 0 Å². The molecular weight excluding hydrogens is 248 g/mol. The van der Waals surface area contributed by atoms with Gasteiger partial charge in [0.15, 0.2) is 0 Å². The molecular formula is C13H14N2O4. The molecule has 1 aromatic carbocycles. The maximum atomic E-state index is 11.8. The van der Waals surface area contributed by atoms with E-state index in [0.717, 1.165) is 0 Å². The number of urea groups is 1. The van der Waals surface area contributed by atoms with Gasteiger partial charge in [0.25, 0.3) is 0 Å². The van der Waals surface area contributed by atoms with Crippen LogP contribution < -0.4 is 10.6 Å². The van der Waals surface area contributed by atoms with Gasteiger partial charge in [0.2, 0.25) is 0 Å². The Morgan fingerprint density at radius 2 is 1.95 bits per heavy atom. The minimum absolute atomic E-state index is 0.115. The monoisotopic (exact) mass is 262 g/mol. The van der Waals surface area contributed by atoms with Crippen LogP contribution in [0.4, 0.5) is 4.79 Å². The number of carbonyl (C=O) groups excluding carboxylic acids is 2. The quantitative estimate of drug-likeness (QED) is 0.699. The molecule has 1 aliphatic rings. The predicted octanol–water partition coefficient (Wildman–Crippen LogP) is 1.19. The second kappa shape index (κ2) is 5.01. The van der Waals surface area contributed by atoms with E-state index in [1.165, 1.54) is 19.2 Å². The Hall–Kier alpha value is -2.50. The highest BCUT2D eigenvalue weighted by molar-refractivity contribution is 5.94. The molecule has 3 N–H and O–H groups in total. The second-order valence-electron chi connectivity index (χ2n) is 4.15. The predicted molar refractivity (Wildman–Crippen MR) is 67.2 cm³/mol. The van der Waals surface area contributed by atoms with Crippen molar-refractivity contribution in [2.75, 3.05) is 7.11 Å². The number of methoxy groups -OCH3 is 1. The first kappa shape index (κ1) is 12.9. The van der Waals surface area contributed by atoms with Crippen LogP contribution in [0.1, 0.15) is 18.5 Å². The first-order valence-electron chi connectivity index (χ1n) is 5.68. The highest BCUT2D eigenvalue weighted by Crippen LogP contribution is 2.28. The Balaban J connectivity index is 2.46. The van der Waals surface area contributed by atoms with Crippen LogP contribution in [0, 0.1) is 0 Å². The van der Waals surface area contributed by atoms with Crippen LogP contribution in [0.2, 0.25) is 0 Å². The SMILES string of the molecule is COC(=O)C1=C(C)NC(=O)N[C@@H]1c1ccc(O)cc1. The van der Waals surface area contributed by atoms with Gasteiger partial charge in [0, 0.05) is 5.70 Å². The Morgan fingerprint density at radius 1 is 1.32 bits per heavy atom. The van der Waals surface area contributed by atoms with Gasteiger partial charge in [0.1, 0.15) is 5.75 Å². The van der Waals surface area contributed by atoms with Crippen LogP contribution in [0.5, 0.6) is 5.75 Å². The van der Waals surface area contributed by atoms with E-state index in [1.807, 2.05) is 0 Å². The van der Waals surface area contributed by atoms with E-state index >= 15 is 0 Å². The van der Waals surface area contributed by atoms with Crippen molar-refractivity contribution < 1.29 is 19.4 Å². The van der Waals surface area contributed by atoms with Gasteiger partial charge in [-0.3, -0.25) is 0 Å². The van der Waals surface area contributed by atoms with Crippen LogP contribution >= 0.6 is 0 Å². The van der Waals surface area contributed by atoms with Gasteiger partial charge >= 0.3 is 12.0 Å². The third-order valence-corrected chi connectivity index (χ3v) is 2.90. The van der Waals surface area contributed by atoms with E-state index in [9.17, 15) is 14.7 Å². The molecule has 0 fully saturated rings. The lowest BCUT2D eigenvalue weighted by Gasteiger charge is -2.27. The van der Waals surface area contributed by atoms with E-state index < -0.39 is 12.0 Å². The topological polar surface area (TPSA) is 87.7 Å². The lowest BCUT2D eigenvalue weighted by Crippen LogP contribution is -2.45. The molecule has 100 valence electrons. The largest absolute Gasteiger partial charge is 0.508 e. The summed E-state index contributed by atoms with van der Waals surface area (Å²) in [7, 11) is 1.28. The smallest absolute Gasteiger partial charge is 0.337 e. The van der Waals surface area contributed by atoms with Gasteiger partial charge < -0.3 is 20.5 Å². The number of allylic oxidation sites excluding steroid dienone is 1. The van der Waals surface area contributed by atoms with Crippen LogP contribution in [0.3, 0.4) is 0 Å². The van der Waals surface area contributed by atoms with Crippen molar-refractivity contribution in [3.8, 4) is 5.75 Å². The molecule has 2 rings (SSSR count). The van der Waals surface area contributed by atoms with Crippen LogP contribution in [0.25, 0.3) is 0 Å². The number of hydrogen-bond donors (Lipinski definition) is 3. The molecule has 0 aromatic heterocycles. The van der Waals surface area contributed by atoms with E-state index in [4.69, 9.17) is 4.74 Å². The number of esters is 1. The summed E-state index contributed by atoms with van der Waals surface area (Å²) < 4.78 is 4.73. The molecule has 19 heavy (non-hydrogen) atoms. The molecule has 1 aromatic rings. The molecule has 0 bridgehead atoms. The molecule has 0 saturated heterocycles. The molecule has 1 atom stereocenters. The molecule has 1 aliphatic heterocycles. The maximum absolute atomic E-state index is 11.8. The van der Waals surface area contributed by atoms with Crippen molar-refractivity contribution in [3.63, 3.8) is 0 Å².